The normalized spacial score (nSPS) is 16.4. The minimum Gasteiger partial charge on any atom is -0.379 e. The Morgan fingerprint density at radius 3 is 2.38 bits per heavy atom. The Morgan fingerprint density at radius 2 is 1.81 bits per heavy atom. The second kappa shape index (κ2) is 8.94. The third-order valence-corrected chi connectivity index (χ3v) is 6.06. The number of morpholine rings is 1. The van der Waals surface area contributed by atoms with Crippen LogP contribution >= 0.6 is 0 Å². The lowest BCUT2D eigenvalue weighted by Crippen LogP contribution is -2.94. The lowest BCUT2D eigenvalue weighted by atomic mass is 10.1. The second-order valence-corrected chi connectivity index (χ2v) is 9.45. The van der Waals surface area contributed by atoms with Gasteiger partial charge in [-0.1, -0.05) is 0 Å². The van der Waals surface area contributed by atoms with Gasteiger partial charge in [-0.05, 0) is 45.0 Å². The average Bonchev–Trinajstić information content (AvgIpc) is 2.61. The van der Waals surface area contributed by atoms with Crippen LogP contribution in [0, 0.1) is 0 Å². The standard InChI is InChI=1S/C18H29N3O4S/c1-18(2,3)20-10-4-9-19-17(22)15-5-7-16(8-6-15)26(23,24)21-11-13-25-14-12-21/h5-8,20H,4,9-14H2,1-3H3,(H,19,22)/p+1. The molecule has 26 heavy (non-hydrogen) atoms. The second-order valence-electron chi connectivity index (χ2n) is 7.51. The molecule has 1 aliphatic rings. The highest BCUT2D eigenvalue weighted by Gasteiger charge is 2.26. The van der Waals surface area contributed by atoms with Gasteiger partial charge in [-0.15, -0.1) is 0 Å². The largest absolute Gasteiger partial charge is 0.379 e. The van der Waals surface area contributed by atoms with Gasteiger partial charge in [-0.3, -0.25) is 4.79 Å². The average molecular weight is 385 g/mol. The molecule has 0 spiro atoms. The van der Waals surface area contributed by atoms with E-state index >= 15 is 0 Å². The van der Waals surface area contributed by atoms with Crippen LogP contribution in [0.5, 0.6) is 0 Å². The predicted octanol–water partition coefficient (Wildman–Crippen LogP) is 0.189. The third-order valence-electron chi connectivity index (χ3n) is 4.15. The SMILES string of the molecule is CC(C)(C)[NH2+]CCCNC(=O)c1ccc(S(=O)(=O)N2CCOCC2)cc1. The van der Waals surface area contributed by atoms with E-state index in [4.69, 9.17) is 4.74 Å². The number of nitrogens with two attached hydrogens (primary N) is 1. The summed E-state index contributed by atoms with van der Waals surface area (Å²) in [5, 5.41) is 5.11. The minimum atomic E-state index is -3.53. The maximum absolute atomic E-state index is 12.6. The van der Waals surface area contributed by atoms with Crippen molar-refractivity contribution in [3.05, 3.63) is 29.8 Å². The summed E-state index contributed by atoms with van der Waals surface area (Å²) in [6.45, 7) is 9.53. The topological polar surface area (TPSA) is 92.3 Å². The van der Waals surface area contributed by atoms with E-state index in [1.807, 2.05) is 0 Å². The summed E-state index contributed by atoms with van der Waals surface area (Å²) in [6, 6.07) is 6.11. The fourth-order valence-corrected chi connectivity index (χ4v) is 4.06. The van der Waals surface area contributed by atoms with E-state index in [0.29, 0.717) is 38.4 Å². The molecular weight excluding hydrogens is 354 g/mol. The van der Waals surface area contributed by atoms with E-state index in [1.165, 1.54) is 16.4 Å². The van der Waals surface area contributed by atoms with Gasteiger partial charge in [0.05, 0.1) is 30.2 Å². The summed E-state index contributed by atoms with van der Waals surface area (Å²) in [5.41, 5.74) is 0.650. The van der Waals surface area contributed by atoms with Crippen LogP contribution in [0.1, 0.15) is 37.6 Å². The maximum Gasteiger partial charge on any atom is 0.251 e. The highest BCUT2D eigenvalue weighted by molar-refractivity contribution is 7.89. The fourth-order valence-electron chi connectivity index (χ4n) is 2.66. The number of nitrogens with one attached hydrogen (secondary N) is 1. The van der Waals surface area contributed by atoms with Crippen molar-refractivity contribution in [1.82, 2.24) is 9.62 Å². The number of carbonyl (C=O) groups excluding carboxylic acids is 1. The van der Waals surface area contributed by atoms with Crippen LogP contribution in [-0.4, -0.2) is 63.6 Å². The van der Waals surface area contributed by atoms with E-state index < -0.39 is 10.0 Å². The van der Waals surface area contributed by atoms with E-state index in [2.05, 4.69) is 31.4 Å². The molecule has 146 valence electrons. The van der Waals surface area contributed by atoms with Crippen LogP contribution in [-0.2, 0) is 14.8 Å². The first-order chi connectivity index (χ1) is 12.2. The maximum atomic E-state index is 12.6. The molecule has 0 aliphatic carbocycles. The Bertz CT molecular complexity index is 690. The zero-order chi connectivity index (χ0) is 19.2. The quantitative estimate of drug-likeness (QED) is 0.657. The molecule has 1 amide bonds. The number of sulfonamides is 1. The van der Waals surface area contributed by atoms with Gasteiger partial charge in [0.25, 0.3) is 5.91 Å². The number of benzene rings is 1. The van der Waals surface area contributed by atoms with Gasteiger partial charge in [0.1, 0.15) is 0 Å². The number of nitrogens with zero attached hydrogens (tertiary/aromatic N) is 1. The van der Waals surface area contributed by atoms with E-state index in [-0.39, 0.29) is 16.3 Å². The molecule has 0 saturated carbocycles. The van der Waals surface area contributed by atoms with E-state index in [1.54, 1.807) is 12.1 Å². The first-order valence-electron chi connectivity index (χ1n) is 9.01. The molecule has 3 N–H and O–H groups in total. The van der Waals surface area contributed by atoms with Crippen LogP contribution < -0.4 is 10.6 Å². The zero-order valence-electron chi connectivity index (χ0n) is 15.8. The predicted molar refractivity (Wildman–Crippen MR) is 99.5 cm³/mol. The first-order valence-corrected chi connectivity index (χ1v) is 10.4. The Morgan fingerprint density at radius 1 is 1.19 bits per heavy atom. The molecule has 0 aromatic heterocycles. The molecule has 1 saturated heterocycles. The Labute approximate surface area is 156 Å². The number of carbonyl (C=O) groups is 1. The minimum absolute atomic E-state index is 0.184. The van der Waals surface area contributed by atoms with Gasteiger partial charge < -0.3 is 15.4 Å². The van der Waals surface area contributed by atoms with Crippen molar-refractivity contribution in [1.29, 1.82) is 0 Å². The summed E-state index contributed by atoms with van der Waals surface area (Å²) in [6.07, 6.45) is 0.881. The monoisotopic (exact) mass is 384 g/mol. The summed E-state index contributed by atoms with van der Waals surface area (Å²) in [5.74, 6) is -0.184. The molecule has 8 heteroatoms. The molecule has 1 aliphatic heterocycles. The smallest absolute Gasteiger partial charge is 0.251 e. The van der Waals surface area contributed by atoms with Gasteiger partial charge in [0.15, 0.2) is 0 Å². The molecule has 0 atom stereocenters. The molecule has 1 aromatic carbocycles. The highest BCUT2D eigenvalue weighted by Crippen LogP contribution is 2.17. The summed E-state index contributed by atoms with van der Waals surface area (Å²) in [7, 11) is -3.53. The molecule has 7 nitrogen and oxygen atoms in total. The number of rotatable bonds is 7. The van der Waals surface area contributed by atoms with Crippen molar-refractivity contribution in [2.45, 2.75) is 37.6 Å². The molecule has 0 radical (unpaired) electrons. The lowest BCUT2D eigenvalue weighted by molar-refractivity contribution is -0.717. The van der Waals surface area contributed by atoms with Crippen molar-refractivity contribution in [3.8, 4) is 0 Å². The first kappa shape index (κ1) is 20.8. The fraction of sp³-hybridized carbons (Fsp3) is 0.611. The third kappa shape index (κ3) is 6.05. The Hall–Kier alpha value is -1.48. The molecule has 0 bridgehead atoms. The summed E-state index contributed by atoms with van der Waals surface area (Å²) in [4.78, 5) is 12.4. The molecule has 1 heterocycles. The molecule has 1 fully saturated rings. The van der Waals surface area contributed by atoms with Crippen molar-refractivity contribution in [2.24, 2.45) is 0 Å². The number of hydrogen-bond donors (Lipinski definition) is 2. The van der Waals surface area contributed by atoms with E-state index in [9.17, 15) is 13.2 Å². The zero-order valence-corrected chi connectivity index (χ0v) is 16.6. The van der Waals surface area contributed by atoms with Gasteiger partial charge >= 0.3 is 0 Å². The molecule has 2 rings (SSSR count). The number of amides is 1. The molecular formula is C18H30N3O4S+. The van der Waals surface area contributed by atoms with Gasteiger partial charge in [-0.2, -0.15) is 4.31 Å². The van der Waals surface area contributed by atoms with Crippen molar-refractivity contribution in [2.75, 3.05) is 39.4 Å². The van der Waals surface area contributed by atoms with Crippen LogP contribution in [0.3, 0.4) is 0 Å². The van der Waals surface area contributed by atoms with Crippen molar-refractivity contribution in [3.63, 3.8) is 0 Å². The van der Waals surface area contributed by atoms with Crippen LogP contribution in [0.2, 0.25) is 0 Å². The molecule has 0 unspecified atom stereocenters. The van der Waals surface area contributed by atoms with Crippen molar-refractivity contribution < 1.29 is 23.3 Å². The van der Waals surface area contributed by atoms with Gasteiger partial charge in [0.2, 0.25) is 10.0 Å². The summed E-state index contributed by atoms with van der Waals surface area (Å²) < 4.78 is 31.7. The van der Waals surface area contributed by atoms with E-state index in [0.717, 1.165) is 13.0 Å². The highest BCUT2D eigenvalue weighted by atomic mass is 32.2. The van der Waals surface area contributed by atoms with Gasteiger partial charge in [-0.25, -0.2) is 8.42 Å². The van der Waals surface area contributed by atoms with Crippen LogP contribution in [0.4, 0.5) is 0 Å². The Kier molecular flexibility index (Phi) is 7.16. The van der Waals surface area contributed by atoms with Crippen molar-refractivity contribution >= 4 is 15.9 Å². The number of ether oxygens (including phenoxy) is 1. The number of quaternary nitrogens is 1. The van der Waals surface area contributed by atoms with Crippen LogP contribution in [0.15, 0.2) is 29.2 Å². The van der Waals surface area contributed by atoms with Crippen LogP contribution in [0.25, 0.3) is 0 Å². The Balaban J connectivity index is 1.87. The lowest BCUT2D eigenvalue weighted by Gasteiger charge is -2.26. The number of hydrogen-bond acceptors (Lipinski definition) is 4. The van der Waals surface area contributed by atoms with Gasteiger partial charge in [0, 0.05) is 31.6 Å². The molecule has 1 aromatic rings. The summed E-state index contributed by atoms with van der Waals surface area (Å²) >= 11 is 0.